The van der Waals surface area contributed by atoms with Crippen molar-refractivity contribution in [2.75, 3.05) is 73.2 Å². The first kappa shape index (κ1) is 32.0. The van der Waals surface area contributed by atoms with Gasteiger partial charge in [-0.25, -0.2) is 8.42 Å². The Hall–Kier alpha value is -2.44. The van der Waals surface area contributed by atoms with E-state index in [1.807, 2.05) is 18.7 Å². The van der Waals surface area contributed by atoms with E-state index in [0.717, 1.165) is 71.4 Å². The highest BCUT2D eigenvalue weighted by atomic mass is 32.2. The summed E-state index contributed by atoms with van der Waals surface area (Å²) in [6.07, 6.45) is 4.68. The van der Waals surface area contributed by atoms with E-state index in [2.05, 4.69) is 33.5 Å². The molecule has 43 heavy (non-hydrogen) atoms. The number of hydrogen-bond donors (Lipinski definition) is 0. The second-order valence-electron chi connectivity index (χ2n) is 12.4. The number of benzene rings is 1. The Morgan fingerprint density at radius 2 is 1.72 bits per heavy atom. The number of rotatable bonds is 11. The maximum atomic E-state index is 13.8. The third-order valence-corrected chi connectivity index (χ3v) is 11.6. The van der Waals surface area contributed by atoms with Gasteiger partial charge in [-0.05, 0) is 88.5 Å². The number of sulfonamides is 1. The number of piperazine rings is 1. The molecule has 2 fully saturated rings. The highest BCUT2D eigenvalue weighted by molar-refractivity contribution is 7.89. The number of likely N-dealkylation sites (N-methyl/N-ethyl adjacent to an activating group) is 1. The van der Waals surface area contributed by atoms with Crippen LogP contribution < -0.4 is 4.74 Å². The quantitative estimate of drug-likeness (QED) is 0.384. The molecule has 2 aromatic rings. The Morgan fingerprint density at radius 1 is 0.977 bits per heavy atom. The van der Waals surface area contributed by atoms with E-state index in [4.69, 9.17) is 9.47 Å². The van der Waals surface area contributed by atoms with Crippen molar-refractivity contribution in [3.63, 3.8) is 0 Å². The van der Waals surface area contributed by atoms with E-state index in [1.54, 1.807) is 23.5 Å². The number of nitrogens with zero attached hydrogens (tertiary/aromatic N) is 5. The summed E-state index contributed by atoms with van der Waals surface area (Å²) in [4.78, 5) is 20.3. The van der Waals surface area contributed by atoms with Gasteiger partial charge >= 0.3 is 0 Å². The molecule has 3 aliphatic rings. The zero-order valence-corrected chi connectivity index (χ0v) is 27.2. The fourth-order valence-electron chi connectivity index (χ4n) is 6.85. The van der Waals surface area contributed by atoms with Crippen molar-refractivity contribution in [2.24, 2.45) is 0 Å². The fourth-order valence-corrected chi connectivity index (χ4v) is 8.94. The van der Waals surface area contributed by atoms with Gasteiger partial charge in [-0.3, -0.25) is 4.79 Å². The van der Waals surface area contributed by atoms with Gasteiger partial charge in [0.05, 0.1) is 25.2 Å². The molecule has 0 spiro atoms. The summed E-state index contributed by atoms with van der Waals surface area (Å²) in [7, 11) is 0.0492. The molecule has 0 saturated carbocycles. The standard InChI is InChI=1S/C32H49N5O5S/c1-25-20-30(41-4)21-26(2)32(25)43(39,40)37-13-6-5-8-29(37)23-42-24-31(38)35-18-19-36-27(10-11-28(36)22-35)9-7-12-34-16-14-33(3)15-17-34/h10-11,20-21,29H,5-9,12-19,22-24H2,1-4H3. The van der Waals surface area contributed by atoms with Gasteiger partial charge in [0.15, 0.2) is 0 Å². The average Bonchev–Trinajstić information content (AvgIpc) is 3.40. The van der Waals surface area contributed by atoms with Crippen LogP contribution in [0.2, 0.25) is 0 Å². The highest BCUT2D eigenvalue weighted by Gasteiger charge is 2.36. The molecule has 238 valence electrons. The van der Waals surface area contributed by atoms with E-state index in [-0.39, 0.29) is 25.2 Å². The Labute approximate surface area is 257 Å². The smallest absolute Gasteiger partial charge is 0.248 e. The zero-order chi connectivity index (χ0) is 30.6. The van der Waals surface area contributed by atoms with Gasteiger partial charge in [0.25, 0.3) is 0 Å². The minimum absolute atomic E-state index is 0.0381. The number of amides is 1. The predicted molar refractivity (Wildman–Crippen MR) is 167 cm³/mol. The molecule has 0 radical (unpaired) electrons. The van der Waals surface area contributed by atoms with Crippen LogP contribution in [0.15, 0.2) is 29.2 Å². The number of methoxy groups -OCH3 is 1. The summed E-state index contributed by atoms with van der Waals surface area (Å²) >= 11 is 0. The lowest BCUT2D eigenvalue weighted by atomic mass is 10.1. The van der Waals surface area contributed by atoms with E-state index in [9.17, 15) is 13.2 Å². The molecule has 1 aromatic carbocycles. The molecular formula is C32H49N5O5S. The number of hydrogen-bond acceptors (Lipinski definition) is 7. The summed E-state index contributed by atoms with van der Waals surface area (Å²) in [5.41, 5.74) is 3.87. The molecule has 11 heteroatoms. The average molecular weight is 616 g/mol. The second-order valence-corrected chi connectivity index (χ2v) is 14.2. The summed E-state index contributed by atoms with van der Waals surface area (Å²) in [5.74, 6) is 0.601. The van der Waals surface area contributed by atoms with Crippen molar-refractivity contribution in [2.45, 2.75) is 70.0 Å². The van der Waals surface area contributed by atoms with Crippen molar-refractivity contribution in [1.29, 1.82) is 0 Å². The largest absolute Gasteiger partial charge is 0.497 e. The second kappa shape index (κ2) is 14.1. The number of ether oxygens (including phenoxy) is 2. The van der Waals surface area contributed by atoms with Crippen LogP contribution in [0.4, 0.5) is 0 Å². The van der Waals surface area contributed by atoms with Crippen molar-refractivity contribution < 1.29 is 22.7 Å². The summed E-state index contributed by atoms with van der Waals surface area (Å²) in [6.45, 7) is 12.0. The number of aryl methyl sites for hydroxylation is 3. The summed E-state index contributed by atoms with van der Waals surface area (Å²) in [6, 6.07) is 7.61. The molecule has 3 aliphatic heterocycles. The molecule has 1 unspecified atom stereocenters. The molecule has 1 aromatic heterocycles. The van der Waals surface area contributed by atoms with Crippen molar-refractivity contribution in [1.82, 2.24) is 23.6 Å². The van der Waals surface area contributed by atoms with Crippen LogP contribution in [-0.2, 0) is 39.1 Å². The lowest BCUT2D eigenvalue weighted by Gasteiger charge is -2.35. The maximum Gasteiger partial charge on any atom is 0.248 e. The van der Waals surface area contributed by atoms with E-state index >= 15 is 0 Å². The molecule has 1 amide bonds. The van der Waals surface area contributed by atoms with Crippen molar-refractivity contribution in [3.05, 3.63) is 46.8 Å². The number of piperidine rings is 1. The molecule has 1 atom stereocenters. The van der Waals surface area contributed by atoms with Crippen LogP contribution in [0.5, 0.6) is 5.75 Å². The Bertz CT molecular complexity index is 1350. The van der Waals surface area contributed by atoms with Gasteiger partial charge in [0, 0.05) is 63.2 Å². The summed E-state index contributed by atoms with van der Waals surface area (Å²) in [5, 5.41) is 0. The summed E-state index contributed by atoms with van der Waals surface area (Å²) < 4.78 is 42.8. The van der Waals surface area contributed by atoms with E-state index in [1.165, 1.54) is 11.4 Å². The van der Waals surface area contributed by atoms with Gasteiger partial charge in [0.2, 0.25) is 15.9 Å². The normalized spacial score (nSPS) is 20.7. The number of carbonyl (C=O) groups is 1. The SMILES string of the molecule is COc1cc(C)c(S(=O)(=O)N2CCCCC2COCC(=O)N2CCn3c(CCCN4CCN(C)CC4)ccc3C2)c(C)c1. The third kappa shape index (κ3) is 7.45. The van der Waals surface area contributed by atoms with Crippen molar-refractivity contribution in [3.8, 4) is 5.75 Å². The minimum Gasteiger partial charge on any atom is -0.497 e. The molecule has 0 aliphatic carbocycles. The van der Waals surface area contributed by atoms with Crippen LogP contribution in [0.25, 0.3) is 0 Å². The zero-order valence-electron chi connectivity index (χ0n) is 26.4. The number of aromatic nitrogens is 1. The van der Waals surface area contributed by atoms with Crippen LogP contribution in [0.1, 0.15) is 48.2 Å². The molecule has 4 heterocycles. The lowest BCUT2D eigenvalue weighted by molar-refractivity contribution is -0.138. The molecular weight excluding hydrogens is 566 g/mol. The molecule has 5 rings (SSSR count). The van der Waals surface area contributed by atoms with Gasteiger partial charge < -0.3 is 28.7 Å². The Balaban J connectivity index is 1.12. The monoisotopic (exact) mass is 615 g/mol. The van der Waals surface area contributed by atoms with E-state index < -0.39 is 10.0 Å². The first-order valence-electron chi connectivity index (χ1n) is 15.8. The highest BCUT2D eigenvalue weighted by Crippen LogP contribution is 2.32. The Kier molecular flexibility index (Phi) is 10.5. The first-order chi connectivity index (χ1) is 20.7. The topological polar surface area (TPSA) is 87.6 Å². The van der Waals surface area contributed by atoms with Gasteiger partial charge in [0.1, 0.15) is 12.4 Å². The van der Waals surface area contributed by atoms with Crippen LogP contribution in [0.3, 0.4) is 0 Å². The maximum absolute atomic E-state index is 13.8. The molecule has 0 N–H and O–H groups in total. The molecule has 2 saturated heterocycles. The van der Waals surface area contributed by atoms with Crippen LogP contribution >= 0.6 is 0 Å². The number of carbonyl (C=O) groups excluding carboxylic acids is 1. The number of fused-ring (bicyclic) bond motifs is 1. The van der Waals surface area contributed by atoms with Crippen LogP contribution in [-0.4, -0.2) is 117 Å². The molecule has 0 bridgehead atoms. The lowest BCUT2D eigenvalue weighted by Crippen LogP contribution is -2.47. The minimum atomic E-state index is -3.72. The van der Waals surface area contributed by atoms with E-state index in [0.29, 0.717) is 41.4 Å². The first-order valence-corrected chi connectivity index (χ1v) is 17.2. The van der Waals surface area contributed by atoms with Crippen LogP contribution in [0, 0.1) is 13.8 Å². The van der Waals surface area contributed by atoms with Gasteiger partial charge in [-0.15, -0.1) is 0 Å². The van der Waals surface area contributed by atoms with Gasteiger partial charge in [-0.2, -0.15) is 4.31 Å². The Morgan fingerprint density at radius 3 is 2.44 bits per heavy atom. The van der Waals surface area contributed by atoms with Crippen molar-refractivity contribution >= 4 is 15.9 Å². The molecule has 10 nitrogen and oxygen atoms in total. The third-order valence-electron chi connectivity index (χ3n) is 9.31. The van der Waals surface area contributed by atoms with Gasteiger partial charge in [-0.1, -0.05) is 6.42 Å². The predicted octanol–water partition coefficient (Wildman–Crippen LogP) is 2.90. The fraction of sp³-hybridized carbons (Fsp3) is 0.656.